The second kappa shape index (κ2) is 4.13. The highest BCUT2D eigenvalue weighted by atomic mass is 16.1. The van der Waals surface area contributed by atoms with Gasteiger partial charge in [0.1, 0.15) is 5.65 Å². The predicted molar refractivity (Wildman–Crippen MR) is 57.8 cm³/mol. The number of hydrogen-bond acceptors (Lipinski definition) is 2. The van der Waals surface area contributed by atoms with Crippen molar-refractivity contribution in [2.75, 3.05) is 6.54 Å². The smallest absolute Gasteiger partial charge is 0.255 e. The maximum Gasteiger partial charge on any atom is 0.255 e. The lowest BCUT2D eigenvalue weighted by Gasteiger charge is -2.04. The summed E-state index contributed by atoms with van der Waals surface area (Å²) in [5, 5.41) is 2.84. The van der Waals surface area contributed by atoms with Crippen molar-refractivity contribution in [2.24, 2.45) is 0 Å². The van der Waals surface area contributed by atoms with Crippen LogP contribution in [-0.4, -0.2) is 21.8 Å². The van der Waals surface area contributed by atoms with Gasteiger partial charge in [0, 0.05) is 25.1 Å². The number of hydrogen-bond donors (Lipinski definition) is 1. The zero-order valence-electron chi connectivity index (χ0n) is 8.60. The minimum atomic E-state index is -0.0614. The molecule has 0 bridgehead atoms. The summed E-state index contributed by atoms with van der Waals surface area (Å²) in [6.07, 6.45) is 6.32. The van der Waals surface area contributed by atoms with Crippen LogP contribution >= 0.6 is 0 Å². The van der Waals surface area contributed by atoms with E-state index in [9.17, 15) is 4.79 Å². The van der Waals surface area contributed by atoms with Crippen LogP contribution in [0.15, 0.2) is 30.7 Å². The van der Waals surface area contributed by atoms with Crippen molar-refractivity contribution in [2.45, 2.75) is 13.3 Å². The Morgan fingerprint density at radius 2 is 2.40 bits per heavy atom. The van der Waals surface area contributed by atoms with Gasteiger partial charge in [-0.05, 0) is 18.6 Å². The molecule has 2 heterocycles. The average Bonchev–Trinajstić information content (AvgIpc) is 2.73. The number of carbonyl (C=O) groups excluding carboxylic acids is 1. The second-order valence-electron chi connectivity index (χ2n) is 3.34. The lowest BCUT2D eigenvalue weighted by Crippen LogP contribution is -2.24. The van der Waals surface area contributed by atoms with Crippen LogP contribution in [0.25, 0.3) is 5.65 Å². The van der Waals surface area contributed by atoms with Gasteiger partial charge < -0.3 is 9.72 Å². The van der Waals surface area contributed by atoms with Crippen LogP contribution < -0.4 is 5.32 Å². The van der Waals surface area contributed by atoms with Crippen molar-refractivity contribution in [1.82, 2.24) is 14.7 Å². The van der Waals surface area contributed by atoms with E-state index in [1.807, 2.05) is 29.8 Å². The lowest BCUT2D eigenvalue weighted by molar-refractivity contribution is 0.0955. The molecule has 0 radical (unpaired) electrons. The van der Waals surface area contributed by atoms with Gasteiger partial charge in [0.15, 0.2) is 0 Å². The van der Waals surface area contributed by atoms with Crippen LogP contribution in [0.1, 0.15) is 23.7 Å². The Balaban J connectivity index is 2.34. The molecule has 1 N–H and O–H groups in total. The highest BCUT2D eigenvalue weighted by molar-refractivity contribution is 5.99. The summed E-state index contributed by atoms with van der Waals surface area (Å²) in [6.45, 7) is 2.72. The summed E-state index contributed by atoms with van der Waals surface area (Å²) in [6, 6.07) is 3.63. The zero-order valence-corrected chi connectivity index (χ0v) is 8.60. The average molecular weight is 203 g/mol. The normalized spacial score (nSPS) is 10.5. The van der Waals surface area contributed by atoms with E-state index in [-0.39, 0.29) is 5.91 Å². The van der Waals surface area contributed by atoms with Gasteiger partial charge in [0.05, 0.1) is 5.56 Å². The molecule has 2 aromatic rings. The number of nitrogens with zero attached hydrogens (tertiary/aromatic N) is 2. The first-order valence-corrected chi connectivity index (χ1v) is 5.03. The van der Waals surface area contributed by atoms with Crippen molar-refractivity contribution in [3.63, 3.8) is 0 Å². The molecule has 0 aliphatic heterocycles. The fourth-order valence-electron chi connectivity index (χ4n) is 1.46. The van der Waals surface area contributed by atoms with E-state index in [1.165, 1.54) is 0 Å². The minimum Gasteiger partial charge on any atom is -0.352 e. The van der Waals surface area contributed by atoms with E-state index in [2.05, 4.69) is 10.3 Å². The van der Waals surface area contributed by atoms with Gasteiger partial charge in [-0.1, -0.05) is 6.92 Å². The third kappa shape index (κ3) is 1.83. The standard InChI is InChI=1S/C11H13N3O/c1-2-5-13-11(15)9-4-3-7-14-8-6-12-10(9)14/h3-4,6-8H,2,5H2,1H3,(H,13,15). The number of aromatic nitrogens is 2. The molecular formula is C11H13N3O. The van der Waals surface area contributed by atoms with Gasteiger partial charge in [-0.15, -0.1) is 0 Å². The van der Waals surface area contributed by atoms with Crippen LogP contribution in [0.2, 0.25) is 0 Å². The second-order valence-corrected chi connectivity index (χ2v) is 3.34. The van der Waals surface area contributed by atoms with E-state index < -0.39 is 0 Å². The Kier molecular flexibility index (Phi) is 2.67. The van der Waals surface area contributed by atoms with Crippen molar-refractivity contribution in [3.8, 4) is 0 Å². The molecule has 0 atom stereocenters. The highest BCUT2D eigenvalue weighted by Gasteiger charge is 2.09. The number of nitrogens with one attached hydrogen (secondary N) is 1. The zero-order chi connectivity index (χ0) is 10.7. The fourth-order valence-corrected chi connectivity index (χ4v) is 1.46. The SMILES string of the molecule is CCCNC(=O)c1cccn2ccnc12. The molecule has 0 aliphatic rings. The molecule has 15 heavy (non-hydrogen) atoms. The van der Waals surface area contributed by atoms with Crippen LogP contribution in [0.4, 0.5) is 0 Å². The Morgan fingerprint density at radius 3 is 3.20 bits per heavy atom. The van der Waals surface area contributed by atoms with Crippen LogP contribution in [0, 0.1) is 0 Å². The van der Waals surface area contributed by atoms with Crippen molar-refractivity contribution >= 4 is 11.6 Å². The summed E-state index contributed by atoms with van der Waals surface area (Å²) in [5.74, 6) is -0.0614. The minimum absolute atomic E-state index is 0.0614. The highest BCUT2D eigenvalue weighted by Crippen LogP contribution is 2.07. The molecule has 2 aromatic heterocycles. The Hall–Kier alpha value is -1.84. The lowest BCUT2D eigenvalue weighted by atomic mass is 10.2. The largest absolute Gasteiger partial charge is 0.352 e. The van der Waals surface area contributed by atoms with Crippen LogP contribution in [0.5, 0.6) is 0 Å². The molecule has 0 saturated carbocycles. The molecule has 4 nitrogen and oxygen atoms in total. The summed E-state index contributed by atoms with van der Waals surface area (Å²) in [4.78, 5) is 15.9. The van der Waals surface area contributed by atoms with E-state index in [0.717, 1.165) is 6.42 Å². The molecule has 0 saturated heterocycles. The Bertz CT molecular complexity index is 475. The fraction of sp³-hybridized carbons (Fsp3) is 0.273. The number of fused-ring (bicyclic) bond motifs is 1. The number of pyridine rings is 1. The molecule has 0 aliphatic carbocycles. The quantitative estimate of drug-likeness (QED) is 0.821. The number of carbonyl (C=O) groups is 1. The van der Waals surface area contributed by atoms with E-state index >= 15 is 0 Å². The molecule has 78 valence electrons. The molecule has 4 heteroatoms. The Morgan fingerprint density at radius 1 is 1.53 bits per heavy atom. The number of amides is 1. The first-order valence-electron chi connectivity index (χ1n) is 5.03. The summed E-state index contributed by atoms with van der Waals surface area (Å²) in [5.41, 5.74) is 1.32. The predicted octanol–water partition coefficient (Wildman–Crippen LogP) is 1.47. The maximum atomic E-state index is 11.8. The first kappa shape index (κ1) is 9.71. The molecule has 1 amide bonds. The molecule has 0 fully saturated rings. The summed E-state index contributed by atoms with van der Waals surface area (Å²) < 4.78 is 1.83. The van der Waals surface area contributed by atoms with Crippen molar-refractivity contribution < 1.29 is 4.79 Å². The molecule has 0 spiro atoms. The molecular weight excluding hydrogens is 190 g/mol. The molecule has 0 unspecified atom stereocenters. The third-order valence-electron chi connectivity index (χ3n) is 2.20. The summed E-state index contributed by atoms with van der Waals surface area (Å²) >= 11 is 0. The number of rotatable bonds is 3. The first-order chi connectivity index (χ1) is 7.33. The Labute approximate surface area is 87.9 Å². The monoisotopic (exact) mass is 203 g/mol. The van der Waals surface area contributed by atoms with Gasteiger partial charge in [-0.25, -0.2) is 4.98 Å². The number of imidazole rings is 1. The topological polar surface area (TPSA) is 46.4 Å². The molecule has 2 rings (SSSR count). The molecule has 0 aromatic carbocycles. The van der Waals surface area contributed by atoms with Crippen LogP contribution in [-0.2, 0) is 0 Å². The summed E-state index contributed by atoms with van der Waals surface area (Å²) in [7, 11) is 0. The van der Waals surface area contributed by atoms with E-state index in [4.69, 9.17) is 0 Å². The van der Waals surface area contributed by atoms with Gasteiger partial charge >= 0.3 is 0 Å². The van der Waals surface area contributed by atoms with Gasteiger partial charge in [0.25, 0.3) is 5.91 Å². The van der Waals surface area contributed by atoms with Gasteiger partial charge in [0.2, 0.25) is 0 Å². The van der Waals surface area contributed by atoms with E-state index in [1.54, 1.807) is 12.3 Å². The third-order valence-corrected chi connectivity index (χ3v) is 2.20. The van der Waals surface area contributed by atoms with Crippen LogP contribution in [0.3, 0.4) is 0 Å². The maximum absolute atomic E-state index is 11.8. The van der Waals surface area contributed by atoms with Crippen molar-refractivity contribution in [3.05, 3.63) is 36.3 Å². The van der Waals surface area contributed by atoms with Gasteiger partial charge in [-0.2, -0.15) is 0 Å². The van der Waals surface area contributed by atoms with Crippen molar-refractivity contribution in [1.29, 1.82) is 0 Å². The van der Waals surface area contributed by atoms with E-state index in [0.29, 0.717) is 17.8 Å². The van der Waals surface area contributed by atoms with Gasteiger partial charge in [-0.3, -0.25) is 4.79 Å².